The lowest BCUT2D eigenvalue weighted by molar-refractivity contribution is 0.549. The van der Waals surface area contributed by atoms with Crippen LogP contribution in [0.5, 0.6) is 0 Å². The van der Waals surface area contributed by atoms with Gasteiger partial charge in [0.05, 0.1) is 0 Å². The molecule has 0 radical (unpaired) electrons. The highest BCUT2D eigenvalue weighted by atomic mass is 14.5. The second kappa shape index (κ2) is 6.41. The highest BCUT2D eigenvalue weighted by molar-refractivity contribution is 4.93. The lowest BCUT2D eigenvalue weighted by Crippen LogP contribution is -1.99. The van der Waals surface area contributed by atoms with Crippen molar-refractivity contribution < 1.29 is 0 Å². The average molecular weight is 155 g/mol. The van der Waals surface area contributed by atoms with Gasteiger partial charge in [-0.2, -0.15) is 0 Å². The maximum atomic E-state index is 5.39. The Labute approximate surface area is 70.7 Å². The maximum Gasteiger partial charge on any atom is -0.00773 e. The normalized spacial score (nSPS) is 13.0. The van der Waals surface area contributed by atoms with E-state index in [4.69, 9.17) is 5.73 Å². The summed E-state index contributed by atoms with van der Waals surface area (Å²) in [6, 6.07) is 0. The third kappa shape index (κ3) is 6.11. The summed E-state index contributed by atoms with van der Waals surface area (Å²) in [5, 5.41) is 0. The molecule has 66 valence electrons. The molecular formula is C10H21N. The van der Waals surface area contributed by atoms with E-state index in [1.165, 1.54) is 31.3 Å². The molecule has 0 saturated heterocycles. The highest BCUT2D eigenvalue weighted by Crippen LogP contribution is 2.15. The summed E-state index contributed by atoms with van der Waals surface area (Å²) < 4.78 is 0. The number of unbranched alkanes of at least 4 members (excludes halogenated alkanes) is 2. The van der Waals surface area contributed by atoms with E-state index >= 15 is 0 Å². The summed E-state index contributed by atoms with van der Waals surface area (Å²) in [6.07, 6.45) is 5.01. The van der Waals surface area contributed by atoms with E-state index in [9.17, 15) is 0 Å². The van der Waals surface area contributed by atoms with Gasteiger partial charge in [-0.1, -0.05) is 31.9 Å². The van der Waals surface area contributed by atoms with E-state index in [0.29, 0.717) is 5.92 Å². The van der Waals surface area contributed by atoms with E-state index in [1.807, 2.05) is 0 Å². The topological polar surface area (TPSA) is 26.0 Å². The van der Waals surface area contributed by atoms with Crippen LogP contribution in [-0.4, -0.2) is 6.54 Å². The standard InChI is InChI=1S/C10H21N/c1-9(2)10(3)7-5-4-6-8-11/h10H,1,4-8,11H2,2-3H3. The minimum absolute atomic E-state index is 0.688. The first-order chi connectivity index (χ1) is 5.18. The third-order valence-electron chi connectivity index (χ3n) is 2.18. The molecule has 0 aromatic carbocycles. The first-order valence-electron chi connectivity index (χ1n) is 4.54. The Balaban J connectivity index is 3.17. The molecule has 0 aliphatic rings. The average Bonchev–Trinajstić information content (AvgIpc) is 1.97. The lowest BCUT2D eigenvalue weighted by atomic mass is 9.97. The van der Waals surface area contributed by atoms with Gasteiger partial charge < -0.3 is 5.73 Å². The molecule has 0 spiro atoms. The van der Waals surface area contributed by atoms with Gasteiger partial charge in [0.2, 0.25) is 0 Å². The molecule has 1 heteroatoms. The van der Waals surface area contributed by atoms with Crippen LogP contribution in [0.15, 0.2) is 12.2 Å². The smallest absolute Gasteiger partial charge is 0.00773 e. The molecule has 0 fully saturated rings. The van der Waals surface area contributed by atoms with Crippen molar-refractivity contribution in [3.05, 3.63) is 12.2 Å². The van der Waals surface area contributed by atoms with Crippen molar-refractivity contribution in [1.82, 2.24) is 0 Å². The molecule has 0 rings (SSSR count). The Morgan fingerprint density at radius 1 is 1.36 bits per heavy atom. The molecule has 1 atom stereocenters. The van der Waals surface area contributed by atoms with E-state index in [2.05, 4.69) is 20.4 Å². The van der Waals surface area contributed by atoms with Crippen LogP contribution in [0.2, 0.25) is 0 Å². The molecule has 0 aromatic rings. The summed E-state index contributed by atoms with van der Waals surface area (Å²) in [5.41, 5.74) is 6.69. The zero-order chi connectivity index (χ0) is 8.69. The van der Waals surface area contributed by atoms with Crippen molar-refractivity contribution in [2.24, 2.45) is 11.7 Å². The van der Waals surface area contributed by atoms with Crippen LogP contribution in [0.25, 0.3) is 0 Å². The number of nitrogens with two attached hydrogens (primary N) is 1. The van der Waals surface area contributed by atoms with Crippen LogP contribution >= 0.6 is 0 Å². The molecule has 0 saturated carbocycles. The van der Waals surface area contributed by atoms with Gasteiger partial charge in [-0.15, -0.1) is 0 Å². The van der Waals surface area contributed by atoms with Crippen LogP contribution < -0.4 is 5.73 Å². The minimum Gasteiger partial charge on any atom is -0.330 e. The molecule has 1 nitrogen and oxygen atoms in total. The van der Waals surface area contributed by atoms with Gasteiger partial charge in [0.25, 0.3) is 0 Å². The van der Waals surface area contributed by atoms with Crippen LogP contribution in [0.1, 0.15) is 39.5 Å². The fraction of sp³-hybridized carbons (Fsp3) is 0.800. The van der Waals surface area contributed by atoms with Gasteiger partial charge in [-0.3, -0.25) is 0 Å². The summed E-state index contributed by atoms with van der Waals surface area (Å²) in [7, 11) is 0. The van der Waals surface area contributed by atoms with Crippen molar-refractivity contribution >= 4 is 0 Å². The first kappa shape index (κ1) is 10.7. The second-order valence-electron chi connectivity index (χ2n) is 3.39. The molecule has 0 bridgehead atoms. The SMILES string of the molecule is C=C(C)C(C)CCCCCN. The fourth-order valence-electron chi connectivity index (χ4n) is 1.02. The summed E-state index contributed by atoms with van der Waals surface area (Å²) in [6.45, 7) is 9.11. The summed E-state index contributed by atoms with van der Waals surface area (Å²) in [4.78, 5) is 0. The maximum absolute atomic E-state index is 5.39. The lowest BCUT2D eigenvalue weighted by Gasteiger charge is -2.09. The highest BCUT2D eigenvalue weighted by Gasteiger charge is 2.00. The van der Waals surface area contributed by atoms with Crippen LogP contribution in [-0.2, 0) is 0 Å². The molecule has 0 heterocycles. The van der Waals surface area contributed by atoms with Crippen LogP contribution in [0.4, 0.5) is 0 Å². The monoisotopic (exact) mass is 155 g/mol. The molecular weight excluding hydrogens is 134 g/mol. The van der Waals surface area contributed by atoms with Crippen molar-refractivity contribution in [3.63, 3.8) is 0 Å². The third-order valence-corrected chi connectivity index (χ3v) is 2.18. The fourth-order valence-corrected chi connectivity index (χ4v) is 1.02. The zero-order valence-corrected chi connectivity index (χ0v) is 7.90. The Morgan fingerprint density at radius 3 is 2.45 bits per heavy atom. The van der Waals surface area contributed by atoms with Gasteiger partial charge in [0, 0.05) is 0 Å². The molecule has 2 N–H and O–H groups in total. The summed E-state index contributed by atoms with van der Waals surface area (Å²) in [5.74, 6) is 0.688. The van der Waals surface area contributed by atoms with Crippen LogP contribution in [0.3, 0.4) is 0 Å². The molecule has 0 aliphatic carbocycles. The van der Waals surface area contributed by atoms with Crippen molar-refractivity contribution in [1.29, 1.82) is 0 Å². The number of rotatable bonds is 6. The van der Waals surface area contributed by atoms with Crippen LogP contribution in [0, 0.1) is 5.92 Å². The molecule has 0 amide bonds. The van der Waals surface area contributed by atoms with Crippen molar-refractivity contribution in [3.8, 4) is 0 Å². The summed E-state index contributed by atoms with van der Waals surface area (Å²) >= 11 is 0. The van der Waals surface area contributed by atoms with E-state index in [-0.39, 0.29) is 0 Å². The second-order valence-corrected chi connectivity index (χ2v) is 3.39. The Morgan fingerprint density at radius 2 is 2.00 bits per heavy atom. The predicted molar refractivity (Wildman–Crippen MR) is 51.5 cm³/mol. The molecule has 0 aliphatic heterocycles. The van der Waals surface area contributed by atoms with E-state index < -0.39 is 0 Å². The number of hydrogen-bond acceptors (Lipinski definition) is 1. The van der Waals surface area contributed by atoms with Gasteiger partial charge in [0.15, 0.2) is 0 Å². The Hall–Kier alpha value is -0.300. The Kier molecular flexibility index (Phi) is 6.24. The van der Waals surface area contributed by atoms with Gasteiger partial charge in [-0.05, 0) is 32.2 Å². The van der Waals surface area contributed by atoms with Gasteiger partial charge >= 0.3 is 0 Å². The predicted octanol–water partition coefficient (Wildman–Crippen LogP) is 2.72. The van der Waals surface area contributed by atoms with Crippen molar-refractivity contribution in [2.45, 2.75) is 39.5 Å². The van der Waals surface area contributed by atoms with Crippen molar-refractivity contribution in [2.75, 3.05) is 6.54 Å². The van der Waals surface area contributed by atoms with E-state index in [1.54, 1.807) is 0 Å². The molecule has 0 aromatic heterocycles. The van der Waals surface area contributed by atoms with Gasteiger partial charge in [0.1, 0.15) is 0 Å². The number of hydrogen-bond donors (Lipinski definition) is 1. The quantitative estimate of drug-likeness (QED) is 0.463. The molecule has 1 unspecified atom stereocenters. The zero-order valence-electron chi connectivity index (χ0n) is 7.90. The first-order valence-corrected chi connectivity index (χ1v) is 4.54. The molecule has 11 heavy (non-hydrogen) atoms. The number of allylic oxidation sites excluding steroid dienone is 1. The van der Waals surface area contributed by atoms with E-state index in [0.717, 1.165) is 6.54 Å². The Bertz CT molecular complexity index is 107. The minimum atomic E-state index is 0.688. The van der Waals surface area contributed by atoms with Gasteiger partial charge in [-0.25, -0.2) is 0 Å². The largest absolute Gasteiger partial charge is 0.330 e.